The van der Waals surface area contributed by atoms with Gasteiger partial charge in [0.2, 0.25) is 21.8 Å². The molecule has 0 bridgehead atoms. The van der Waals surface area contributed by atoms with E-state index in [4.69, 9.17) is 9.63 Å². The zero-order valence-corrected chi connectivity index (χ0v) is 17.7. The highest BCUT2D eigenvalue weighted by Gasteiger charge is 2.32. The quantitative estimate of drug-likeness (QED) is 0.601. The maximum absolute atomic E-state index is 12.5. The van der Waals surface area contributed by atoms with Crippen LogP contribution in [0.15, 0.2) is 9.42 Å². The zero-order valence-electron chi connectivity index (χ0n) is 16.8. The lowest BCUT2D eigenvalue weighted by Gasteiger charge is -2.32. The molecule has 2 heterocycles. The van der Waals surface area contributed by atoms with Crippen LogP contribution in [0.5, 0.6) is 0 Å². The standard InChI is InChI=1S/C17H26N4O7S/c1-10-15(12(3)28-18-10)29(26,27)19-11(2)16(23)20(4)9-14(22)21-7-5-6-13(8-21)17(24)25/h11,13,19H,5-9H2,1-4H3,(H,24,25)/t11-,13+/m0/s1. The van der Waals surface area contributed by atoms with Crippen LogP contribution in [-0.2, 0) is 24.4 Å². The number of aryl methyl sites for hydroxylation is 2. The van der Waals surface area contributed by atoms with Gasteiger partial charge in [0.25, 0.3) is 0 Å². The molecule has 1 aromatic heterocycles. The van der Waals surface area contributed by atoms with Gasteiger partial charge in [-0.05, 0) is 33.6 Å². The Hall–Kier alpha value is -2.47. The number of hydrogen-bond acceptors (Lipinski definition) is 7. The van der Waals surface area contributed by atoms with Gasteiger partial charge in [-0.25, -0.2) is 8.42 Å². The van der Waals surface area contributed by atoms with Gasteiger partial charge in [0.05, 0.1) is 18.5 Å². The number of carbonyl (C=O) groups excluding carboxylic acids is 2. The Balaban J connectivity index is 1.98. The minimum Gasteiger partial charge on any atom is -0.481 e. The SMILES string of the molecule is Cc1noc(C)c1S(=O)(=O)N[C@@H](C)C(=O)N(C)CC(=O)N1CCC[C@@H](C(=O)O)C1. The van der Waals surface area contributed by atoms with Crippen LogP contribution >= 0.6 is 0 Å². The summed E-state index contributed by atoms with van der Waals surface area (Å²) in [5.41, 5.74) is 0.177. The van der Waals surface area contributed by atoms with E-state index in [1.807, 2.05) is 0 Å². The Kier molecular flexibility index (Phi) is 7.01. The van der Waals surface area contributed by atoms with Crippen LogP contribution < -0.4 is 4.72 Å². The van der Waals surface area contributed by atoms with Crippen molar-refractivity contribution in [3.63, 3.8) is 0 Å². The minimum atomic E-state index is -4.04. The summed E-state index contributed by atoms with van der Waals surface area (Å²) >= 11 is 0. The molecule has 2 N–H and O–H groups in total. The summed E-state index contributed by atoms with van der Waals surface area (Å²) in [6, 6.07) is -1.13. The fourth-order valence-corrected chi connectivity index (χ4v) is 4.84. The Labute approximate surface area is 169 Å². The van der Waals surface area contributed by atoms with Crippen LogP contribution in [0.4, 0.5) is 0 Å². The normalized spacial score (nSPS) is 18.3. The number of likely N-dealkylation sites (tertiary alicyclic amines) is 1. The molecule has 0 saturated carbocycles. The third kappa shape index (κ3) is 5.32. The summed E-state index contributed by atoms with van der Waals surface area (Å²) in [5, 5.41) is 12.7. The third-order valence-corrected chi connectivity index (χ3v) is 6.60. The fourth-order valence-electron chi connectivity index (χ4n) is 3.32. The minimum absolute atomic E-state index is 0.102. The molecule has 0 radical (unpaired) electrons. The van der Waals surface area contributed by atoms with Crippen molar-refractivity contribution in [1.82, 2.24) is 19.7 Å². The average Bonchev–Trinajstić information content (AvgIpc) is 2.99. The summed E-state index contributed by atoms with van der Waals surface area (Å²) < 4.78 is 32.2. The highest BCUT2D eigenvalue weighted by atomic mass is 32.2. The molecule has 11 nitrogen and oxygen atoms in total. The molecule has 2 atom stereocenters. The molecule has 29 heavy (non-hydrogen) atoms. The summed E-state index contributed by atoms with van der Waals surface area (Å²) in [6.45, 7) is 4.56. The van der Waals surface area contributed by atoms with Crippen LogP contribution in [0.25, 0.3) is 0 Å². The summed E-state index contributed by atoms with van der Waals surface area (Å²) in [5.74, 6) is -2.44. The molecule has 0 unspecified atom stereocenters. The molecular weight excluding hydrogens is 404 g/mol. The van der Waals surface area contributed by atoms with E-state index in [1.165, 1.54) is 32.7 Å². The van der Waals surface area contributed by atoms with Crippen molar-refractivity contribution in [1.29, 1.82) is 0 Å². The third-order valence-electron chi connectivity index (χ3n) is 4.81. The van der Waals surface area contributed by atoms with Gasteiger partial charge < -0.3 is 19.4 Å². The molecule has 1 aliphatic rings. The number of nitrogens with zero attached hydrogens (tertiary/aromatic N) is 3. The molecule has 12 heteroatoms. The predicted octanol–water partition coefficient (Wildman–Crippen LogP) is -0.260. The maximum atomic E-state index is 12.5. The van der Waals surface area contributed by atoms with Crippen LogP contribution in [0.3, 0.4) is 0 Å². The molecule has 1 fully saturated rings. The van der Waals surface area contributed by atoms with Gasteiger partial charge in [-0.3, -0.25) is 14.4 Å². The first kappa shape index (κ1) is 22.8. The van der Waals surface area contributed by atoms with Crippen molar-refractivity contribution in [2.75, 3.05) is 26.7 Å². The number of carboxylic acids is 1. The molecule has 1 aliphatic heterocycles. The molecular formula is C17H26N4O7S. The van der Waals surface area contributed by atoms with Crippen molar-refractivity contribution >= 4 is 27.8 Å². The highest BCUT2D eigenvalue weighted by Crippen LogP contribution is 2.19. The van der Waals surface area contributed by atoms with Crippen LogP contribution in [0, 0.1) is 19.8 Å². The van der Waals surface area contributed by atoms with Gasteiger partial charge in [-0.1, -0.05) is 5.16 Å². The highest BCUT2D eigenvalue weighted by molar-refractivity contribution is 7.89. The van der Waals surface area contributed by atoms with E-state index in [-0.39, 0.29) is 35.3 Å². The lowest BCUT2D eigenvalue weighted by atomic mass is 9.98. The number of rotatable bonds is 7. The average molecular weight is 430 g/mol. The van der Waals surface area contributed by atoms with Gasteiger partial charge in [0.1, 0.15) is 10.6 Å². The number of carbonyl (C=O) groups is 3. The van der Waals surface area contributed by atoms with Crippen molar-refractivity contribution in [3.8, 4) is 0 Å². The summed E-state index contributed by atoms with van der Waals surface area (Å²) in [4.78, 5) is 38.6. The lowest BCUT2D eigenvalue weighted by molar-refractivity contribution is -0.147. The summed E-state index contributed by atoms with van der Waals surface area (Å²) in [7, 11) is -2.65. The van der Waals surface area contributed by atoms with Gasteiger partial charge in [-0.15, -0.1) is 0 Å². The monoisotopic (exact) mass is 430 g/mol. The van der Waals surface area contributed by atoms with Gasteiger partial charge in [0.15, 0.2) is 5.76 Å². The fraction of sp³-hybridized carbons (Fsp3) is 0.647. The number of aliphatic carboxylic acids is 1. The number of piperidine rings is 1. The van der Waals surface area contributed by atoms with E-state index in [2.05, 4.69) is 9.88 Å². The van der Waals surface area contributed by atoms with Crippen molar-refractivity contribution in [2.24, 2.45) is 5.92 Å². The van der Waals surface area contributed by atoms with Crippen molar-refractivity contribution in [2.45, 2.75) is 44.6 Å². The Morgan fingerprint density at radius 3 is 2.59 bits per heavy atom. The lowest BCUT2D eigenvalue weighted by Crippen LogP contribution is -2.50. The first-order valence-electron chi connectivity index (χ1n) is 9.14. The van der Waals surface area contributed by atoms with Crippen LogP contribution in [0.2, 0.25) is 0 Å². The molecule has 2 amide bonds. The molecule has 0 spiro atoms. The number of hydrogen-bond donors (Lipinski definition) is 2. The van der Waals surface area contributed by atoms with Crippen LogP contribution in [0.1, 0.15) is 31.2 Å². The Bertz CT molecular complexity index is 876. The topological polar surface area (TPSA) is 150 Å². The molecule has 0 aromatic carbocycles. The van der Waals surface area contributed by atoms with E-state index < -0.39 is 33.9 Å². The second kappa shape index (κ2) is 8.91. The first-order chi connectivity index (χ1) is 13.4. The number of aromatic nitrogens is 1. The molecule has 1 aromatic rings. The number of sulfonamides is 1. The van der Waals surface area contributed by atoms with E-state index in [1.54, 1.807) is 0 Å². The van der Waals surface area contributed by atoms with E-state index in [0.29, 0.717) is 19.4 Å². The molecule has 2 rings (SSSR count). The number of likely N-dealkylation sites (N-methyl/N-ethyl adjacent to an activating group) is 1. The van der Waals surface area contributed by atoms with E-state index in [0.717, 1.165) is 4.90 Å². The molecule has 0 aliphatic carbocycles. The predicted molar refractivity (Wildman–Crippen MR) is 100 cm³/mol. The largest absolute Gasteiger partial charge is 0.481 e. The summed E-state index contributed by atoms with van der Waals surface area (Å²) in [6.07, 6.45) is 1.09. The van der Waals surface area contributed by atoms with Gasteiger partial charge in [-0.2, -0.15) is 4.72 Å². The van der Waals surface area contributed by atoms with Gasteiger partial charge in [0, 0.05) is 20.1 Å². The second-order valence-corrected chi connectivity index (χ2v) is 8.86. The smallest absolute Gasteiger partial charge is 0.308 e. The second-order valence-electron chi connectivity index (χ2n) is 7.21. The Morgan fingerprint density at radius 1 is 1.38 bits per heavy atom. The molecule has 162 valence electrons. The molecule has 1 saturated heterocycles. The zero-order chi connectivity index (χ0) is 21.9. The first-order valence-corrected chi connectivity index (χ1v) is 10.6. The van der Waals surface area contributed by atoms with E-state index in [9.17, 15) is 22.8 Å². The number of amides is 2. The van der Waals surface area contributed by atoms with Crippen molar-refractivity contribution < 1.29 is 32.4 Å². The van der Waals surface area contributed by atoms with Crippen molar-refractivity contribution in [3.05, 3.63) is 11.5 Å². The number of nitrogens with one attached hydrogen (secondary N) is 1. The Morgan fingerprint density at radius 2 is 2.03 bits per heavy atom. The van der Waals surface area contributed by atoms with E-state index >= 15 is 0 Å². The van der Waals surface area contributed by atoms with Crippen LogP contribution in [-0.4, -0.2) is 79.0 Å². The van der Waals surface area contributed by atoms with Gasteiger partial charge >= 0.3 is 5.97 Å². The number of carboxylic acid groups (broad SMARTS) is 1. The maximum Gasteiger partial charge on any atom is 0.308 e.